The summed E-state index contributed by atoms with van der Waals surface area (Å²) in [5.41, 5.74) is 0. The first-order valence-electron chi connectivity index (χ1n) is 3.57. The zero-order valence-electron chi connectivity index (χ0n) is 5.63. The van der Waals surface area contributed by atoms with Crippen LogP contribution in [0.3, 0.4) is 0 Å². The summed E-state index contributed by atoms with van der Waals surface area (Å²) in [6, 6.07) is 2.67. The van der Waals surface area contributed by atoms with E-state index in [9.17, 15) is 0 Å². The van der Waals surface area contributed by atoms with Crippen molar-refractivity contribution >= 4 is 15.9 Å². The fraction of sp³-hybridized carbons (Fsp3) is 0.571. The summed E-state index contributed by atoms with van der Waals surface area (Å²) in [5.74, 6) is 0. The Kier molecular flexibility index (Phi) is 1.52. The third kappa shape index (κ3) is 0.985. The van der Waals surface area contributed by atoms with Crippen LogP contribution in [0.1, 0.15) is 25.3 Å². The van der Waals surface area contributed by atoms with E-state index in [0.29, 0.717) is 6.04 Å². The summed E-state index contributed by atoms with van der Waals surface area (Å²) in [6.07, 6.45) is 6.00. The molecule has 0 N–H and O–H groups in total. The van der Waals surface area contributed by atoms with Gasteiger partial charge in [0.25, 0.3) is 0 Å². The van der Waals surface area contributed by atoms with E-state index in [0.717, 1.165) is 4.60 Å². The number of hydrogen-bond donors (Lipinski definition) is 0. The number of nitrogens with zero attached hydrogens (tertiary/aromatic N) is 2. The molecule has 0 saturated heterocycles. The van der Waals surface area contributed by atoms with Crippen LogP contribution in [0.4, 0.5) is 0 Å². The molecule has 0 atom stereocenters. The smallest absolute Gasteiger partial charge is 0.128 e. The molecule has 0 radical (unpaired) electrons. The lowest BCUT2D eigenvalue weighted by Gasteiger charge is -2.25. The van der Waals surface area contributed by atoms with Gasteiger partial charge in [0.2, 0.25) is 0 Å². The van der Waals surface area contributed by atoms with Gasteiger partial charge in [0.15, 0.2) is 0 Å². The Morgan fingerprint density at radius 3 is 2.80 bits per heavy atom. The van der Waals surface area contributed by atoms with Gasteiger partial charge in [-0.05, 0) is 41.3 Å². The molecule has 2 nitrogen and oxygen atoms in total. The molecule has 0 amide bonds. The molecule has 54 valence electrons. The van der Waals surface area contributed by atoms with Crippen molar-refractivity contribution < 1.29 is 0 Å². The van der Waals surface area contributed by atoms with Crippen molar-refractivity contribution in [2.45, 2.75) is 25.3 Å². The van der Waals surface area contributed by atoms with Gasteiger partial charge in [-0.1, -0.05) is 0 Å². The molecule has 0 aromatic carbocycles. The highest BCUT2D eigenvalue weighted by Crippen LogP contribution is 2.30. The monoisotopic (exact) mass is 200 g/mol. The average Bonchev–Trinajstić information content (AvgIpc) is 2.10. The van der Waals surface area contributed by atoms with E-state index in [2.05, 4.69) is 21.0 Å². The highest BCUT2D eigenvalue weighted by Gasteiger charge is 2.19. The molecule has 3 heteroatoms. The second-order valence-electron chi connectivity index (χ2n) is 2.70. The summed E-state index contributed by atoms with van der Waals surface area (Å²) >= 11 is 3.32. The predicted molar refractivity (Wildman–Crippen MR) is 42.8 cm³/mol. The first-order chi connectivity index (χ1) is 4.86. The van der Waals surface area contributed by atoms with Crippen molar-refractivity contribution in [1.82, 2.24) is 9.78 Å². The maximum absolute atomic E-state index is 4.27. The van der Waals surface area contributed by atoms with Gasteiger partial charge in [0, 0.05) is 6.20 Å². The fourth-order valence-corrected chi connectivity index (χ4v) is 1.47. The highest BCUT2D eigenvalue weighted by atomic mass is 79.9. The van der Waals surface area contributed by atoms with Crippen LogP contribution in [0.5, 0.6) is 0 Å². The first kappa shape index (κ1) is 6.40. The molecule has 0 spiro atoms. The molecular formula is C7H9BrN2. The topological polar surface area (TPSA) is 17.8 Å². The molecule has 1 heterocycles. The van der Waals surface area contributed by atoms with E-state index in [4.69, 9.17) is 0 Å². The Hall–Kier alpha value is -0.310. The Morgan fingerprint density at radius 2 is 2.40 bits per heavy atom. The van der Waals surface area contributed by atoms with Crippen LogP contribution in [-0.2, 0) is 0 Å². The molecule has 1 fully saturated rings. The molecule has 0 aliphatic heterocycles. The van der Waals surface area contributed by atoms with E-state index in [1.165, 1.54) is 19.3 Å². The zero-order valence-corrected chi connectivity index (χ0v) is 7.21. The number of hydrogen-bond acceptors (Lipinski definition) is 1. The minimum absolute atomic E-state index is 0.686. The van der Waals surface area contributed by atoms with Gasteiger partial charge in [-0.25, -0.2) is 0 Å². The minimum atomic E-state index is 0.686. The Bertz CT molecular complexity index is 227. The molecule has 1 aromatic rings. The fourth-order valence-electron chi connectivity index (χ4n) is 1.17. The van der Waals surface area contributed by atoms with E-state index in [1.54, 1.807) is 0 Å². The SMILES string of the molecule is Brc1ccn(C2CCC2)n1. The van der Waals surface area contributed by atoms with Crippen LogP contribution < -0.4 is 0 Å². The molecule has 1 saturated carbocycles. The average molecular weight is 201 g/mol. The van der Waals surface area contributed by atoms with Gasteiger partial charge < -0.3 is 0 Å². The van der Waals surface area contributed by atoms with Crippen molar-refractivity contribution in [3.63, 3.8) is 0 Å². The molecule has 0 unspecified atom stereocenters. The maximum Gasteiger partial charge on any atom is 0.128 e. The molecule has 1 aliphatic carbocycles. The van der Waals surface area contributed by atoms with E-state index < -0.39 is 0 Å². The van der Waals surface area contributed by atoms with Crippen molar-refractivity contribution in [1.29, 1.82) is 0 Å². The third-order valence-electron chi connectivity index (χ3n) is 2.02. The summed E-state index contributed by atoms with van der Waals surface area (Å²) in [6.45, 7) is 0. The van der Waals surface area contributed by atoms with Crippen molar-refractivity contribution in [3.8, 4) is 0 Å². The molecule has 10 heavy (non-hydrogen) atoms. The second kappa shape index (κ2) is 2.38. The van der Waals surface area contributed by atoms with Crippen LogP contribution in [-0.4, -0.2) is 9.78 Å². The van der Waals surface area contributed by atoms with E-state index >= 15 is 0 Å². The predicted octanol–water partition coefficient (Wildman–Crippen LogP) is 2.37. The molecule has 1 aliphatic rings. The number of halogens is 1. The Balaban J connectivity index is 2.17. The zero-order chi connectivity index (χ0) is 6.97. The van der Waals surface area contributed by atoms with Gasteiger partial charge in [-0.2, -0.15) is 5.10 Å². The van der Waals surface area contributed by atoms with Crippen molar-refractivity contribution in [2.75, 3.05) is 0 Å². The van der Waals surface area contributed by atoms with Gasteiger partial charge >= 0.3 is 0 Å². The lowest BCUT2D eigenvalue weighted by molar-refractivity contribution is 0.288. The van der Waals surface area contributed by atoms with E-state index in [1.807, 2.05) is 16.9 Å². The largest absolute Gasteiger partial charge is 0.269 e. The van der Waals surface area contributed by atoms with Crippen LogP contribution in [0, 0.1) is 0 Å². The maximum atomic E-state index is 4.27. The van der Waals surface area contributed by atoms with Gasteiger partial charge in [0.1, 0.15) is 4.60 Å². The number of rotatable bonds is 1. The molecule has 1 aromatic heterocycles. The van der Waals surface area contributed by atoms with Crippen LogP contribution in [0.2, 0.25) is 0 Å². The summed E-state index contributed by atoms with van der Waals surface area (Å²) in [7, 11) is 0. The van der Waals surface area contributed by atoms with Crippen molar-refractivity contribution in [3.05, 3.63) is 16.9 Å². The van der Waals surface area contributed by atoms with Gasteiger partial charge in [-0.15, -0.1) is 0 Å². The molecular weight excluding hydrogens is 192 g/mol. The van der Waals surface area contributed by atoms with Gasteiger partial charge in [0.05, 0.1) is 6.04 Å². The summed E-state index contributed by atoms with van der Waals surface area (Å²) < 4.78 is 2.99. The lowest BCUT2D eigenvalue weighted by Crippen LogP contribution is -2.17. The van der Waals surface area contributed by atoms with E-state index in [-0.39, 0.29) is 0 Å². The lowest BCUT2D eigenvalue weighted by atomic mass is 9.93. The molecule has 0 bridgehead atoms. The van der Waals surface area contributed by atoms with Crippen LogP contribution >= 0.6 is 15.9 Å². The van der Waals surface area contributed by atoms with Crippen molar-refractivity contribution in [2.24, 2.45) is 0 Å². The van der Waals surface area contributed by atoms with Crippen LogP contribution in [0.25, 0.3) is 0 Å². The normalized spacial score (nSPS) is 18.9. The second-order valence-corrected chi connectivity index (χ2v) is 3.52. The molecule has 2 rings (SSSR count). The summed E-state index contributed by atoms with van der Waals surface area (Å²) in [5, 5.41) is 4.27. The standard InChI is InChI=1S/C7H9BrN2/c8-7-4-5-10(9-7)6-2-1-3-6/h4-6H,1-3H2. The highest BCUT2D eigenvalue weighted by molar-refractivity contribution is 9.10. The Morgan fingerprint density at radius 1 is 1.60 bits per heavy atom. The van der Waals surface area contributed by atoms with Gasteiger partial charge in [-0.3, -0.25) is 4.68 Å². The summed E-state index contributed by atoms with van der Waals surface area (Å²) in [4.78, 5) is 0. The first-order valence-corrected chi connectivity index (χ1v) is 4.36. The quantitative estimate of drug-likeness (QED) is 0.681. The number of aromatic nitrogens is 2. The minimum Gasteiger partial charge on any atom is -0.269 e. The Labute approximate surface area is 68.4 Å². The third-order valence-corrected chi connectivity index (χ3v) is 2.45. The van der Waals surface area contributed by atoms with Crippen LogP contribution in [0.15, 0.2) is 16.9 Å².